The molecule has 3 rings (SSSR count). The highest BCUT2D eigenvalue weighted by Gasteiger charge is 2.47. The lowest BCUT2D eigenvalue weighted by Crippen LogP contribution is -2.30. The van der Waals surface area contributed by atoms with E-state index in [1.54, 1.807) is 37.3 Å². The van der Waals surface area contributed by atoms with E-state index in [-0.39, 0.29) is 16.9 Å². The number of aliphatic hydroxyl groups is 1. The molecule has 1 aliphatic heterocycles. The van der Waals surface area contributed by atoms with E-state index in [9.17, 15) is 14.7 Å². The normalized spacial score (nSPS) is 18.6. The van der Waals surface area contributed by atoms with Gasteiger partial charge in [0, 0.05) is 6.54 Å². The van der Waals surface area contributed by atoms with Gasteiger partial charge in [0.1, 0.15) is 40.4 Å². The van der Waals surface area contributed by atoms with Crippen LogP contribution in [0.3, 0.4) is 0 Å². The highest BCUT2D eigenvalue weighted by molar-refractivity contribution is 6.46. The minimum atomic E-state index is -0.816. The van der Waals surface area contributed by atoms with Gasteiger partial charge in [-0.1, -0.05) is 13.0 Å². The number of methoxy groups -OCH3 is 2. The lowest BCUT2D eigenvalue weighted by Gasteiger charge is -2.23. The number of nitrogens with zero attached hydrogens (tertiary/aromatic N) is 1. The molecule has 0 saturated carbocycles. The first kappa shape index (κ1) is 19.5. The molecule has 1 aliphatic rings. The topological polar surface area (TPSA) is 89.2 Å². The van der Waals surface area contributed by atoms with Crippen molar-refractivity contribution >= 4 is 17.4 Å². The molecule has 1 aromatic carbocycles. The van der Waals surface area contributed by atoms with E-state index in [4.69, 9.17) is 13.9 Å². The number of hydrogen-bond donors (Lipinski definition) is 1. The summed E-state index contributed by atoms with van der Waals surface area (Å²) in [5, 5.41) is 11.1. The fourth-order valence-electron chi connectivity index (χ4n) is 3.47. The summed E-state index contributed by atoms with van der Waals surface area (Å²) < 4.78 is 16.4. The molecule has 28 heavy (non-hydrogen) atoms. The van der Waals surface area contributed by atoms with Crippen molar-refractivity contribution in [2.45, 2.75) is 26.3 Å². The molecule has 1 amide bonds. The van der Waals surface area contributed by atoms with Crippen molar-refractivity contribution < 1.29 is 28.6 Å². The molecule has 7 nitrogen and oxygen atoms in total. The smallest absolute Gasteiger partial charge is 0.295 e. The Kier molecular flexibility index (Phi) is 5.44. The molecule has 7 heteroatoms. The standard InChI is InChI=1S/C21H23NO6/c1-5-11-22-18(15-10-9-12(2)28-15)17(20(24)21(22)25)19(23)16-13(26-3)7-6-8-14(16)27-4/h6-10,18,23H,5,11H2,1-4H3/b19-17+. The van der Waals surface area contributed by atoms with Crippen molar-refractivity contribution in [2.75, 3.05) is 20.8 Å². The Labute approximate surface area is 163 Å². The summed E-state index contributed by atoms with van der Waals surface area (Å²) in [6.45, 7) is 4.04. The number of aryl methyl sites for hydroxylation is 1. The number of carbonyl (C=O) groups is 2. The number of Topliss-reactive ketones (excluding diaryl/α,β-unsaturated/α-hetero) is 1. The zero-order chi connectivity index (χ0) is 20.4. The lowest BCUT2D eigenvalue weighted by molar-refractivity contribution is -0.140. The van der Waals surface area contributed by atoms with Gasteiger partial charge in [-0.15, -0.1) is 0 Å². The Hall–Kier alpha value is -3.22. The van der Waals surface area contributed by atoms with Crippen LogP contribution in [-0.2, 0) is 9.59 Å². The maximum absolute atomic E-state index is 12.9. The van der Waals surface area contributed by atoms with Gasteiger partial charge in [-0.05, 0) is 37.6 Å². The van der Waals surface area contributed by atoms with E-state index in [0.717, 1.165) is 0 Å². The van der Waals surface area contributed by atoms with Crippen LogP contribution in [0.1, 0.15) is 36.5 Å². The molecule has 2 aromatic rings. The van der Waals surface area contributed by atoms with Crippen LogP contribution in [0.15, 0.2) is 40.3 Å². The van der Waals surface area contributed by atoms with Gasteiger partial charge in [-0.25, -0.2) is 0 Å². The largest absolute Gasteiger partial charge is 0.506 e. The van der Waals surface area contributed by atoms with Gasteiger partial charge in [0.2, 0.25) is 0 Å². The van der Waals surface area contributed by atoms with Crippen LogP contribution >= 0.6 is 0 Å². The number of rotatable bonds is 6. The molecule has 1 unspecified atom stereocenters. The second kappa shape index (κ2) is 7.80. The predicted molar refractivity (Wildman–Crippen MR) is 102 cm³/mol. The van der Waals surface area contributed by atoms with Gasteiger partial charge in [-0.3, -0.25) is 9.59 Å². The van der Waals surface area contributed by atoms with E-state index in [2.05, 4.69) is 0 Å². The molecule has 0 bridgehead atoms. The fourth-order valence-corrected chi connectivity index (χ4v) is 3.47. The Balaban J connectivity index is 2.27. The van der Waals surface area contributed by atoms with Gasteiger partial charge in [0.25, 0.3) is 11.7 Å². The Morgan fingerprint density at radius 1 is 1.14 bits per heavy atom. The zero-order valence-corrected chi connectivity index (χ0v) is 16.3. The molecule has 1 aromatic heterocycles. The van der Waals surface area contributed by atoms with Crippen LogP contribution in [0.2, 0.25) is 0 Å². The molecule has 148 valence electrons. The fraction of sp³-hybridized carbons (Fsp3) is 0.333. The lowest BCUT2D eigenvalue weighted by atomic mass is 9.98. The number of amides is 1. The quantitative estimate of drug-likeness (QED) is 0.465. The number of ketones is 1. The maximum Gasteiger partial charge on any atom is 0.295 e. The molecule has 0 radical (unpaired) electrons. The van der Waals surface area contributed by atoms with E-state index in [1.807, 2.05) is 6.92 Å². The van der Waals surface area contributed by atoms with Crippen LogP contribution in [0, 0.1) is 6.92 Å². The molecule has 2 heterocycles. The van der Waals surface area contributed by atoms with Crippen LogP contribution in [0.4, 0.5) is 0 Å². The summed E-state index contributed by atoms with van der Waals surface area (Å²) in [6, 6.07) is 7.64. The molecule has 1 N–H and O–H groups in total. The molecule has 0 aliphatic carbocycles. The number of hydrogen-bond acceptors (Lipinski definition) is 6. The van der Waals surface area contributed by atoms with Gasteiger partial charge >= 0.3 is 0 Å². The van der Waals surface area contributed by atoms with Crippen molar-refractivity contribution in [3.63, 3.8) is 0 Å². The van der Waals surface area contributed by atoms with Crippen molar-refractivity contribution in [3.05, 3.63) is 53.0 Å². The Morgan fingerprint density at radius 2 is 1.79 bits per heavy atom. The van der Waals surface area contributed by atoms with Crippen LogP contribution < -0.4 is 9.47 Å². The predicted octanol–water partition coefficient (Wildman–Crippen LogP) is 3.44. The molecule has 0 spiro atoms. The minimum Gasteiger partial charge on any atom is -0.506 e. The van der Waals surface area contributed by atoms with Gasteiger partial charge in [-0.2, -0.15) is 0 Å². The highest BCUT2D eigenvalue weighted by atomic mass is 16.5. The summed E-state index contributed by atoms with van der Waals surface area (Å²) in [6.07, 6.45) is 0.654. The number of likely N-dealkylation sites (tertiary alicyclic amines) is 1. The van der Waals surface area contributed by atoms with Crippen LogP contribution in [0.5, 0.6) is 11.5 Å². The first-order valence-electron chi connectivity index (χ1n) is 9.00. The number of furan rings is 1. The maximum atomic E-state index is 12.9. The first-order valence-corrected chi connectivity index (χ1v) is 9.00. The van der Waals surface area contributed by atoms with Gasteiger partial charge in [0.05, 0.1) is 19.8 Å². The third-order valence-corrected chi connectivity index (χ3v) is 4.70. The van der Waals surface area contributed by atoms with Crippen LogP contribution in [0.25, 0.3) is 5.76 Å². The van der Waals surface area contributed by atoms with Crippen molar-refractivity contribution in [1.82, 2.24) is 4.90 Å². The molecule has 1 fully saturated rings. The second-order valence-electron chi connectivity index (χ2n) is 6.48. The van der Waals surface area contributed by atoms with E-state index >= 15 is 0 Å². The first-order chi connectivity index (χ1) is 13.4. The Bertz CT molecular complexity index is 920. The summed E-state index contributed by atoms with van der Waals surface area (Å²) in [7, 11) is 2.91. The molecule has 1 atom stereocenters. The number of carbonyl (C=O) groups excluding carboxylic acids is 2. The molecule has 1 saturated heterocycles. The second-order valence-corrected chi connectivity index (χ2v) is 6.48. The summed E-state index contributed by atoms with van der Waals surface area (Å²) in [5.41, 5.74) is 0.172. The third-order valence-electron chi connectivity index (χ3n) is 4.70. The van der Waals surface area contributed by atoms with Gasteiger partial charge in [0.15, 0.2) is 0 Å². The monoisotopic (exact) mass is 385 g/mol. The number of benzene rings is 1. The molecular weight excluding hydrogens is 362 g/mol. The van der Waals surface area contributed by atoms with E-state index in [0.29, 0.717) is 36.0 Å². The van der Waals surface area contributed by atoms with Crippen LogP contribution in [-0.4, -0.2) is 42.5 Å². The average molecular weight is 385 g/mol. The van der Waals surface area contributed by atoms with Crippen molar-refractivity contribution in [2.24, 2.45) is 0 Å². The summed E-state index contributed by atoms with van der Waals surface area (Å²) in [4.78, 5) is 27.0. The number of aliphatic hydroxyl groups excluding tert-OH is 1. The molecular formula is C21H23NO6. The Morgan fingerprint density at radius 3 is 2.29 bits per heavy atom. The summed E-state index contributed by atoms with van der Waals surface area (Å²) >= 11 is 0. The van der Waals surface area contributed by atoms with E-state index < -0.39 is 17.7 Å². The summed E-state index contributed by atoms with van der Waals surface area (Å²) in [5.74, 6) is -0.0760. The van der Waals surface area contributed by atoms with E-state index in [1.165, 1.54) is 19.1 Å². The zero-order valence-electron chi connectivity index (χ0n) is 16.3. The third kappa shape index (κ3) is 3.13. The minimum absolute atomic E-state index is 0.0457. The average Bonchev–Trinajstić information content (AvgIpc) is 3.23. The highest BCUT2D eigenvalue weighted by Crippen LogP contribution is 2.43. The van der Waals surface area contributed by atoms with Crippen molar-refractivity contribution in [1.29, 1.82) is 0 Å². The van der Waals surface area contributed by atoms with Gasteiger partial charge < -0.3 is 23.9 Å². The van der Waals surface area contributed by atoms with Crippen molar-refractivity contribution in [3.8, 4) is 11.5 Å². The SMILES string of the molecule is CCCN1C(=O)C(=O)/C(=C(/O)c2c(OC)cccc2OC)C1c1ccc(C)o1. The number of ether oxygens (including phenoxy) is 2.